The second-order valence-corrected chi connectivity index (χ2v) is 9.87. The Labute approximate surface area is 223 Å². The summed E-state index contributed by atoms with van der Waals surface area (Å²) in [6.07, 6.45) is -1.91. The number of hydrogen-bond acceptors (Lipinski definition) is 6. The van der Waals surface area contributed by atoms with E-state index in [-0.39, 0.29) is 11.6 Å². The normalized spacial score (nSPS) is 16.7. The molecule has 5 rings (SSSR count). The van der Waals surface area contributed by atoms with E-state index in [1.807, 2.05) is 41.1 Å². The summed E-state index contributed by atoms with van der Waals surface area (Å²) >= 11 is 3.40. The van der Waals surface area contributed by atoms with Crippen LogP contribution in [0.15, 0.2) is 59.5 Å². The summed E-state index contributed by atoms with van der Waals surface area (Å²) in [6, 6.07) is 9.85. The maximum atomic E-state index is 14.2. The van der Waals surface area contributed by atoms with Crippen LogP contribution in [0.2, 0.25) is 0 Å². The van der Waals surface area contributed by atoms with Crippen LogP contribution < -0.4 is 10.2 Å². The van der Waals surface area contributed by atoms with Crippen molar-refractivity contribution >= 4 is 38.7 Å². The largest absolute Gasteiger partial charge is 0.419 e. The number of carbonyl (C=O) groups excluding carboxylic acids is 1. The number of piperazine rings is 1. The molecule has 0 saturated carbocycles. The van der Waals surface area contributed by atoms with E-state index in [2.05, 4.69) is 36.3 Å². The van der Waals surface area contributed by atoms with Crippen LogP contribution in [0.1, 0.15) is 11.1 Å². The van der Waals surface area contributed by atoms with Crippen molar-refractivity contribution < 1.29 is 22.4 Å². The predicted molar refractivity (Wildman–Crippen MR) is 136 cm³/mol. The molecule has 2 aromatic heterocycles. The number of amides is 1. The molecule has 0 radical (unpaired) electrons. The van der Waals surface area contributed by atoms with Crippen LogP contribution in [0, 0.1) is 5.82 Å². The summed E-state index contributed by atoms with van der Waals surface area (Å²) in [5, 5.41) is 7.83. The Balaban J connectivity index is 1.36. The van der Waals surface area contributed by atoms with E-state index in [0.29, 0.717) is 49.1 Å². The van der Waals surface area contributed by atoms with Crippen molar-refractivity contribution in [2.45, 2.75) is 18.8 Å². The van der Waals surface area contributed by atoms with E-state index >= 15 is 0 Å². The fourth-order valence-corrected chi connectivity index (χ4v) is 4.61. The molecule has 1 aliphatic heterocycles. The standard InChI is InChI=1S/C25H22BrF4N7O/c1-35-8-9-36(13-21(35)24(38)31-11-15-2-4-16(26)5-3-15)23-18-12-37(34-22(18)32-14-33-23)17-6-7-19(20(27)10-17)25(28,29)30/h2-7,10,12,14,21H,8-9,11,13H2,1H3,(H,31,38). The number of aromatic nitrogens is 4. The molecule has 0 spiro atoms. The lowest BCUT2D eigenvalue weighted by molar-refractivity contribution is -0.140. The number of rotatable bonds is 5. The molecule has 198 valence electrons. The van der Waals surface area contributed by atoms with Crippen molar-refractivity contribution in [1.29, 1.82) is 0 Å². The summed E-state index contributed by atoms with van der Waals surface area (Å²) in [4.78, 5) is 25.5. The lowest BCUT2D eigenvalue weighted by atomic mass is 10.1. The molecule has 1 unspecified atom stereocenters. The van der Waals surface area contributed by atoms with Gasteiger partial charge in [0.1, 0.15) is 24.0 Å². The first-order chi connectivity index (χ1) is 18.1. The zero-order chi connectivity index (χ0) is 27.0. The van der Waals surface area contributed by atoms with Gasteiger partial charge < -0.3 is 10.2 Å². The first kappa shape index (κ1) is 26.0. The highest BCUT2D eigenvalue weighted by molar-refractivity contribution is 9.10. The van der Waals surface area contributed by atoms with E-state index in [1.54, 1.807) is 6.20 Å². The smallest absolute Gasteiger partial charge is 0.353 e. The molecule has 4 aromatic rings. The molecule has 2 aromatic carbocycles. The van der Waals surface area contributed by atoms with Gasteiger partial charge in [-0.3, -0.25) is 9.69 Å². The third-order valence-corrected chi connectivity index (χ3v) is 6.98. The summed E-state index contributed by atoms with van der Waals surface area (Å²) in [5.74, 6) is -0.981. The number of fused-ring (bicyclic) bond motifs is 1. The number of carbonyl (C=O) groups is 1. The molecule has 13 heteroatoms. The summed E-state index contributed by atoms with van der Waals surface area (Å²) in [5.41, 5.74) is 0.0373. The summed E-state index contributed by atoms with van der Waals surface area (Å²) < 4.78 is 55.2. The molecule has 8 nitrogen and oxygen atoms in total. The second-order valence-electron chi connectivity index (χ2n) is 8.96. The number of nitrogens with one attached hydrogen (secondary N) is 1. The van der Waals surface area contributed by atoms with Crippen LogP contribution in [0.4, 0.5) is 23.4 Å². The van der Waals surface area contributed by atoms with Gasteiger partial charge in [0.25, 0.3) is 0 Å². The van der Waals surface area contributed by atoms with E-state index < -0.39 is 23.6 Å². The SMILES string of the molecule is CN1CCN(c2ncnc3nn(-c4ccc(C(F)(F)F)c(F)c4)cc23)CC1C(=O)NCc1ccc(Br)cc1. The number of alkyl halides is 3. The molecule has 3 heterocycles. The highest BCUT2D eigenvalue weighted by Crippen LogP contribution is 2.32. The Morgan fingerprint density at radius 3 is 2.61 bits per heavy atom. The minimum Gasteiger partial charge on any atom is -0.353 e. The van der Waals surface area contributed by atoms with E-state index in [4.69, 9.17) is 0 Å². The zero-order valence-corrected chi connectivity index (χ0v) is 21.7. The van der Waals surface area contributed by atoms with Crippen LogP contribution in [-0.2, 0) is 17.5 Å². The van der Waals surface area contributed by atoms with Crippen molar-refractivity contribution in [2.75, 3.05) is 31.6 Å². The third kappa shape index (κ3) is 5.34. The first-order valence-electron chi connectivity index (χ1n) is 11.6. The minimum absolute atomic E-state index is 0.114. The molecule has 1 N–H and O–H groups in total. The van der Waals surface area contributed by atoms with Crippen LogP contribution >= 0.6 is 15.9 Å². The molecule has 0 bridgehead atoms. The van der Waals surface area contributed by atoms with Gasteiger partial charge in [0.05, 0.1) is 16.6 Å². The first-order valence-corrected chi connectivity index (χ1v) is 12.4. The molecule has 1 aliphatic rings. The van der Waals surface area contributed by atoms with Gasteiger partial charge in [-0.1, -0.05) is 28.1 Å². The van der Waals surface area contributed by atoms with Crippen LogP contribution in [-0.4, -0.2) is 63.3 Å². The number of benzene rings is 2. The second kappa shape index (κ2) is 10.3. The fourth-order valence-electron chi connectivity index (χ4n) is 4.34. The van der Waals surface area contributed by atoms with E-state index in [9.17, 15) is 22.4 Å². The summed E-state index contributed by atoms with van der Waals surface area (Å²) in [6.45, 7) is 1.93. The average molecular weight is 592 g/mol. The monoisotopic (exact) mass is 591 g/mol. The maximum Gasteiger partial charge on any atom is 0.419 e. The number of nitrogens with zero attached hydrogens (tertiary/aromatic N) is 6. The Kier molecular flexibility index (Phi) is 7.05. The van der Waals surface area contributed by atoms with Crippen LogP contribution in [0.25, 0.3) is 16.7 Å². The maximum absolute atomic E-state index is 14.2. The number of likely N-dealkylation sites (N-methyl/N-ethyl adjacent to an activating group) is 1. The van der Waals surface area contributed by atoms with Gasteiger partial charge in [-0.2, -0.15) is 13.2 Å². The molecular formula is C25H22BrF4N7O. The lowest BCUT2D eigenvalue weighted by Gasteiger charge is -2.39. The molecule has 38 heavy (non-hydrogen) atoms. The minimum atomic E-state index is -4.79. The quantitative estimate of drug-likeness (QED) is 0.351. The topological polar surface area (TPSA) is 79.2 Å². The molecular weight excluding hydrogens is 570 g/mol. The molecule has 1 amide bonds. The molecule has 1 atom stereocenters. The van der Waals surface area contributed by atoms with Gasteiger partial charge in [0.2, 0.25) is 5.91 Å². The van der Waals surface area contributed by atoms with Gasteiger partial charge in [-0.25, -0.2) is 19.0 Å². The van der Waals surface area contributed by atoms with Crippen molar-refractivity contribution in [3.05, 3.63) is 76.4 Å². The Bertz CT molecular complexity index is 1480. The van der Waals surface area contributed by atoms with Crippen molar-refractivity contribution in [2.24, 2.45) is 0 Å². The number of halogens is 5. The Hall–Kier alpha value is -3.58. The van der Waals surface area contributed by atoms with Crippen LogP contribution in [0.3, 0.4) is 0 Å². The zero-order valence-electron chi connectivity index (χ0n) is 20.1. The van der Waals surface area contributed by atoms with Crippen molar-refractivity contribution in [3.63, 3.8) is 0 Å². The van der Waals surface area contributed by atoms with E-state index in [0.717, 1.165) is 22.2 Å². The van der Waals surface area contributed by atoms with Gasteiger partial charge >= 0.3 is 6.18 Å². The predicted octanol–water partition coefficient (Wildman–Crippen LogP) is 4.17. The Morgan fingerprint density at radius 1 is 1.13 bits per heavy atom. The molecule has 1 saturated heterocycles. The average Bonchev–Trinajstić information content (AvgIpc) is 3.32. The third-order valence-electron chi connectivity index (χ3n) is 6.45. The summed E-state index contributed by atoms with van der Waals surface area (Å²) in [7, 11) is 1.88. The van der Waals surface area contributed by atoms with Crippen LogP contribution in [0.5, 0.6) is 0 Å². The highest BCUT2D eigenvalue weighted by atomic mass is 79.9. The molecule has 0 aliphatic carbocycles. The highest BCUT2D eigenvalue weighted by Gasteiger charge is 2.34. The molecule has 1 fully saturated rings. The van der Waals surface area contributed by atoms with Crippen molar-refractivity contribution in [1.82, 2.24) is 30.0 Å². The van der Waals surface area contributed by atoms with Gasteiger partial charge in [0.15, 0.2) is 5.65 Å². The lowest BCUT2D eigenvalue weighted by Crippen LogP contribution is -2.57. The van der Waals surface area contributed by atoms with E-state index in [1.165, 1.54) is 11.0 Å². The van der Waals surface area contributed by atoms with Crippen molar-refractivity contribution in [3.8, 4) is 5.69 Å². The van der Waals surface area contributed by atoms with Gasteiger partial charge in [-0.05, 0) is 36.9 Å². The number of anilines is 1. The van der Waals surface area contributed by atoms with Gasteiger partial charge in [0, 0.05) is 42.9 Å². The fraction of sp³-hybridized carbons (Fsp3) is 0.280. The Morgan fingerprint density at radius 2 is 1.89 bits per heavy atom. The number of hydrogen-bond donors (Lipinski definition) is 1. The van der Waals surface area contributed by atoms with Gasteiger partial charge in [-0.15, -0.1) is 5.10 Å².